The van der Waals surface area contributed by atoms with Crippen molar-refractivity contribution in [3.8, 4) is 5.75 Å². The normalized spacial score (nSPS) is 11.2. The van der Waals surface area contributed by atoms with Crippen molar-refractivity contribution in [1.29, 1.82) is 0 Å². The lowest BCUT2D eigenvalue weighted by Gasteiger charge is -2.08. The van der Waals surface area contributed by atoms with Crippen LogP contribution >= 0.6 is 11.3 Å². The number of thiazole rings is 1. The van der Waals surface area contributed by atoms with Crippen LogP contribution in [0.25, 0.3) is 0 Å². The first kappa shape index (κ1) is 15.0. The summed E-state index contributed by atoms with van der Waals surface area (Å²) in [5.74, 6) is -2.85. The first-order valence-electron chi connectivity index (χ1n) is 5.35. The van der Waals surface area contributed by atoms with E-state index in [4.69, 9.17) is 9.84 Å². The molecule has 0 bridgehead atoms. The zero-order valence-corrected chi connectivity index (χ0v) is 10.9. The molecule has 2 rings (SSSR count). The lowest BCUT2D eigenvalue weighted by molar-refractivity contribution is -0.137. The molecule has 0 saturated carbocycles. The van der Waals surface area contributed by atoms with Crippen LogP contribution in [0.4, 0.5) is 13.2 Å². The lowest BCUT2D eigenvalue weighted by Crippen LogP contribution is -2.14. The second-order valence-electron chi connectivity index (χ2n) is 3.75. The highest BCUT2D eigenvalue weighted by molar-refractivity contribution is 7.12. The maximum absolute atomic E-state index is 12.5. The maximum atomic E-state index is 12.5. The maximum Gasteiger partial charge on any atom is 0.416 e. The van der Waals surface area contributed by atoms with Crippen molar-refractivity contribution >= 4 is 23.3 Å². The van der Waals surface area contributed by atoms with Crippen LogP contribution in [-0.2, 0) is 6.18 Å². The summed E-state index contributed by atoms with van der Waals surface area (Å²) >= 11 is 0.712. The third-order valence-corrected chi connectivity index (χ3v) is 3.14. The van der Waals surface area contributed by atoms with E-state index >= 15 is 0 Å². The van der Waals surface area contributed by atoms with Gasteiger partial charge < -0.3 is 9.84 Å². The van der Waals surface area contributed by atoms with Crippen LogP contribution in [-0.4, -0.2) is 22.0 Å². The van der Waals surface area contributed by atoms with E-state index in [9.17, 15) is 22.8 Å². The Morgan fingerprint density at radius 1 is 1.29 bits per heavy atom. The second kappa shape index (κ2) is 5.52. The molecule has 0 aliphatic rings. The Hall–Kier alpha value is -2.42. The Balaban J connectivity index is 2.24. The van der Waals surface area contributed by atoms with Gasteiger partial charge in [0.05, 0.1) is 11.1 Å². The predicted octanol–water partition coefficient (Wildman–Crippen LogP) is 3.08. The molecule has 5 nitrogen and oxygen atoms in total. The number of aromatic nitrogens is 1. The summed E-state index contributed by atoms with van der Waals surface area (Å²) in [6.07, 6.45) is -4.57. The van der Waals surface area contributed by atoms with Gasteiger partial charge in [0, 0.05) is 0 Å². The van der Waals surface area contributed by atoms with E-state index in [1.807, 2.05) is 0 Å². The van der Waals surface area contributed by atoms with Gasteiger partial charge in [-0.3, -0.25) is 0 Å². The molecular weight excluding hydrogens is 311 g/mol. The van der Waals surface area contributed by atoms with Crippen molar-refractivity contribution < 1.29 is 32.6 Å². The van der Waals surface area contributed by atoms with Gasteiger partial charge in [-0.25, -0.2) is 14.6 Å². The molecule has 0 amide bonds. The summed E-state index contributed by atoms with van der Waals surface area (Å²) in [5, 5.41) is 8.83. The summed E-state index contributed by atoms with van der Waals surface area (Å²) in [7, 11) is 0. The first-order valence-corrected chi connectivity index (χ1v) is 6.23. The number of alkyl halides is 3. The van der Waals surface area contributed by atoms with Gasteiger partial charge in [-0.2, -0.15) is 13.2 Å². The van der Waals surface area contributed by atoms with Crippen molar-refractivity contribution in [3.05, 3.63) is 45.9 Å². The zero-order chi connectivity index (χ0) is 15.6. The van der Waals surface area contributed by atoms with E-state index in [-0.39, 0.29) is 10.6 Å². The number of hydrogen-bond acceptors (Lipinski definition) is 5. The average Bonchev–Trinajstić information content (AvgIpc) is 2.87. The van der Waals surface area contributed by atoms with Crippen LogP contribution in [0.3, 0.4) is 0 Å². The van der Waals surface area contributed by atoms with Crippen LogP contribution in [0.2, 0.25) is 0 Å². The van der Waals surface area contributed by atoms with Crippen molar-refractivity contribution in [3.63, 3.8) is 0 Å². The number of hydrogen-bond donors (Lipinski definition) is 1. The summed E-state index contributed by atoms with van der Waals surface area (Å²) < 4.78 is 42.3. The zero-order valence-electron chi connectivity index (χ0n) is 10.0. The van der Waals surface area contributed by atoms with Gasteiger partial charge >= 0.3 is 18.1 Å². The number of carboxylic acid groups (broad SMARTS) is 1. The third kappa shape index (κ3) is 3.37. The second-order valence-corrected chi connectivity index (χ2v) is 4.61. The minimum absolute atomic E-state index is 0.341. The number of halogens is 3. The third-order valence-electron chi connectivity index (χ3n) is 2.33. The molecule has 0 spiro atoms. The number of carboxylic acids is 1. The highest BCUT2D eigenvalue weighted by Crippen LogP contribution is 2.31. The van der Waals surface area contributed by atoms with Crippen molar-refractivity contribution in [2.45, 2.75) is 6.18 Å². The molecule has 110 valence electrons. The molecule has 0 saturated heterocycles. The molecule has 1 aromatic carbocycles. The van der Waals surface area contributed by atoms with E-state index in [0.717, 1.165) is 23.7 Å². The summed E-state index contributed by atoms with van der Waals surface area (Å²) in [6, 6.07) is 3.69. The number of rotatable bonds is 3. The highest BCUT2D eigenvalue weighted by Gasteiger charge is 2.31. The quantitative estimate of drug-likeness (QED) is 0.695. The lowest BCUT2D eigenvalue weighted by atomic mass is 10.2. The fourth-order valence-corrected chi connectivity index (χ4v) is 2.05. The number of carbonyl (C=O) groups is 2. The van der Waals surface area contributed by atoms with E-state index in [0.29, 0.717) is 17.4 Å². The molecule has 0 unspecified atom stereocenters. The average molecular weight is 317 g/mol. The molecule has 1 aromatic heterocycles. The van der Waals surface area contributed by atoms with Gasteiger partial charge in [0.25, 0.3) is 0 Å². The smallest absolute Gasteiger partial charge is 0.416 e. The van der Waals surface area contributed by atoms with Gasteiger partial charge in [0.1, 0.15) is 10.6 Å². The molecule has 0 aliphatic carbocycles. The van der Waals surface area contributed by atoms with Crippen LogP contribution in [0, 0.1) is 0 Å². The molecule has 21 heavy (non-hydrogen) atoms. The van der Waals surface area contributed by atoms with Crippen LogP contribution in [0.1, 0.15) is 25.7 Å². The Morgan fingerprint density at radius 3 is 2.62 bits per heavy atom. The minimum atomic E-state index is -4.57. The number of esters is 1. The van der Waals surface area contributed by atoms with Crippen molar-refractivity contribution in [2.75, 3.05) is 0 Å². The topological polar surface area (TPSA) is 76.5 Å². The van der Waals surface area contributed by atoms with Crippen LogP contribution in [0.5, 0.6) is 5.75 Å². The fraction of sp³-hybridized carbons (Fsp3) is 0.0833. The van der Waals surface area contributed by atoms with E-state index < -0.39 is 29.4 Å². The molecule has 2 aromatic rings. The van der Waals surface area contributed by atoms with Crippen LogP contribution in [0.15, 0.2) is 29.8 Å². The van der Waals surface area contributed by atoms with E-state index in [1.54, 1.807) is 0 Å². The summed E-state index contributed by atoms with van der Waals surface area (Å²) in [6.45, 7) is 0. The van der Waals surface area contributed by atoms with Crippen LogP contribution < -0.4 is 4.74 Å². The van der Waals surface area contributed by atoms with Gasteiger partial charge in [0.2, 0.25) is 0 Å². The van der Waals surface area contributed by atoms with Crippen molar-refractivity contribution in [1.82, 2.24) is 4.98 Å². The van der Waals surface area contributed by atoms with E-state index in [2.05, 4.69) is 4.98 Å². The number of nitrogens with zero attached hydrogens (tertiary/aromatic N) is 1. The Bertz CT molecular complexity index is 696. The molecule has 0 aliphatic heterocycles. The van der Waals surface area contributed by atoms with Gasteiger partial charge in [0.15, 0.2) is 5.69 Å². The molecule has 0 atom stereocenters. The van der Waals surface area contributed by atoms with Gasteiger partial charge in [-0.05, 0) is 18.2 Å². The first-order chi connectivity index (χ1) is 9.79. The predicted molar refractivity (Wildman–Crippen MR) is 65.5 cm³/mol. The minimum Gasteiger partial charge on any atom is -0.477 e. The molecule has 9 heteroatoms. The molecule has 1 heterocycles. The fourth-order valence-electron chi connectivity index (χ4n) is 1.43. The Labute approximate surface area is 119 Å². The number of ether oxygens (including phenoxy) is 1. The van der Waals surface area contributed by atoms with Crippen molar-refractivity contribution in [2.24, 2.45) is 0 Å². The molecule has 0 fully saturated rings. The largest absolute Gasteiger partial charge is 0.477 e. The number of carbonyl (C=O) groups excluding carboxylic acids is 1. The van der Waals surface area contributed by atoms with Gasteiger partial charge in [-0.1, -0.05) is 6.07 Å². The molecule has 1 N–H and O–H groups in total. The summed E-state index contributed by atoms with van der Waals surface area (Å²) in [4.78, 5) is 25.8. The number of aromatic carboxylic acids is 1. The monoisotopic (exact) mass is 317 g/mol. The summed E-state index contributed by atoms with van der Waals surface area (Å²) in [5.41, 5.74) is -0.305. The number of benzene rings is 1. The molecular formula is C12H6F3NO4S. The Morgan fingerprint density at radius 2 is 2.00 bits per heavy atom. The Kier molecular flexibility index (Phi) is 3.94. The molecule has 0 radical (unpaired) electrons. The standard InChI is InChI=1S/C12H6F3NO4S/c13-12(14,15)6-2-1-3-7(4-6)20-11(19)8-9(10(17)18)21-5-16-8/h1-5H,(H,17,18). The SMILES string of the molecule is O=C(Oc1cccc(C(F)(F)F)c1)c1ncsc1C(=O)O. The van der Waals surface area contributed by atoms with Gasteiger partial charge in [-0.15, -0.1) is 11.3 Å². The highest BCUT2D eigenvalue weighted by atomic mass is 32.1. The van der Waals surface area contributed by atoms with E-state index in [1.165, 1.54) is 0 Å².